The Morgan fingerprint density at radius 1 is 0.871 bits per heavy atom. The first-order valence-corrected chi connectivity index (χ1v) is 11.7. The van der Waals surface area contributed by atoms with Crippen LogP contribution in [-0.4, -0.2) is 40.5 Å². The number of aromatic nitrogens is 3. The third-order valence-electron chi connectivity index (χ3n) is 7.22. The lowest BCUT2D eigenvalue weighted by Crippen LogP contribution is -2.25. The molecule has 0 aliphatic heterocycles. The highest BCUT2D eigenvalue weighted by molar-refractivity contribution is 5.26. The van der Waals surface area contributed by atoms with E-state index in [-0.39, 0.29) is 12.0 Å². The molecule has 9 heteroatoms. The average Bonchev–Trinajstić information content (AvgIpc) is 3.19. The minimum Gasteiger partial charge on any atom is -0.454 e. The maximum atomic E-state index is 13.3. The fourth-order valence-corrected chi connectivity index (χ4v) is 5.58. The van der Waals surface area contributed by atoms with Gasteiger partial charge in [-0.2, -0.15) is 28.1 Å². The molecule has 0 amide bonds. The summed E-state index contributed by atoms with van der Waals surface area (Å²) in [7, 11) is 0. The summed E-state index contributed by atoms with van der Waals surface area (Å²) < 4.78 is 56.0. The molecule has 5 nitrogen and oxygen atoms in total. The predicted molar refractivity (Wildman–Crippen MR) is 109 cm³/mol. The summed E-state index contributed by atoms with van der Waals surface area (Å²) in [6.07, 6.45) is 5.54. The smallest absolute Gasteiger partial charge is 0.422 e. The number of rotatable bonds is 7. The minimum absolute atomic E-state index is 0.249. The number of halogens is 4. The summed E-state index contributed by atoms with van der Waals surface area (Å²) in [5.74, 6) is 3.11. The molecule has 1 aromatic heterocycles. The number of hydrogen-bond donors (Lipinski definition) is 1. The van der Waals surface area contributed by atoms with Crippen LogP contribution in [0.5, 0.6) is 6.01 Å². The fraction of sp³-hybridized carbons (Fsp3) is 0.864. The zero-order chi connectivity index (χ0) is 21.8. The number of hydrogen-bond acceptors (Lipinski definition) is 5. The third kappa shape index (κ3) is 6.65. The second-order valence-electron chi connectivity index (χ2n) is 9.59. The second kappa shape index (κ2) is 9.86. The first kappa shape index (κ1) is 22.5. The summed E-state index contributed by atoms with van der Waals surface area (Å²) in [6.45, 7) is -0.855. The van der Waals surface area contributed by atoms with Gasteiger partial charge in [0, 0.05) is 13.0 Å². The van der Waals surface area contributed by atoms with Crippen LogP contribution < -0.4 is 10.1 Å². The molecule has 3 saturated carbocycles. The van der Waals surface area contributed by atoms with E-state index in [1.165, 1.54) is 25.7 Å². The summed E-state index contributed by atoms with van der Waals surface area (Å²) in [6, 6.07) is -0.285. The molecule has 0 spiro atoms. The largest absolute Gasteiger partial charge is 0.454 e. The number of nitrogens with one attached hydrogen (secondary N) is 1. The van der Waals surface area contributed by atoms with E-state index in [9.17, 15) is 17.6 Å². The molecular weight excluding hydrogens is 412 g/mol. The zero-order valence-corrected chi connectivity index (χ0v) is 17.8. The molecule has 0 radical (unpaired) electrons. The SMILES string of the molecule is FC1CCC(CNc2nc(CC3CCC4CCCC4C3)nc(OCC(F)(F)F)n2)CC1. The van der Waals surface area contributed by atoms with E-state index >= 15 is 0 Å². The molecule has 3 aliphatic carbocycles. The molecule has 3 aliphatic rings. The van der Waals surface area contributed by atoms with Crippen molar-refractivity contribution in [1.82, 2.24) is 15.0 Å². The van der Waals surface area contributed by atoms with Crippen molar-refractivity contribution in [3.8, 4) is 6.01 Å². The van der Waals surface area contributed by atoms with Crippen molar-refractivity contribution >= 4 is 5.95 Å². The van der Waals surface area contributed by atoms with Crippen LogP contribution in [-0.2, 0) is 6.42 Å². The maximum Gasteiger partial charge on any atom is 0.422 e. The van der Waals surface area contributed by atoms with Gasteiger partial charge < -0.3 is 10.1 Å². The lowest BCUT2D eigenvalue weighted by atomic mass is 9.75. The monoisotopic (exact) mass is 444 g/mol. The quantitative estimate of drug-likeness (QED) is 0.562. The van der Waals surface area contributed by atoms with Crippen LogP contribution in [0.4, 0.5) is 23.5 Å². The topological polar surface area (TPSA) is 59.9 Å². The van der Waals surface area contributed by atoms with E-state index in [4.69, 9.17) is 4.74 Å². The first-order valence-electron chi connectivity index (χ1n) is 11.7. The summed E-state index contributed by atoms with van der Waals surface area (Å²) in [4.78, 5) is 12.7. The minimum atomic E-state index is -4.45. The van der Waals surface area contributed by atoms with E-state index in [0.717, 1.165) is 37.5 Å². The Hall–Kier alpha value is -1.67. The van der Waals surface area contributed by atoms with Crippen LogP contribution in [0.3, 0.4) is 0 Å². The van der Waals surface area contributed by atoms with Gasteiger partial charge in [0.05, 0.1) is 0 Å². The van der Waals surface area contributed by atoms with Gasteiger partial charge in [-0.3, -0.25) is 0 Å². The van der Waals surface area contributed by atoms with Crippen LogP contribution >= 0.6 is 0 Å². The summed E-state index contributed by atoms with van der Waals surface area (Å²) in [5, 5.41) is 3.14. The number of nitrogens with zero attached hydrogens (tertiary/aromatic N) is 3. The molecular formula is C22H32F4N4O. The van der Waals surface area contributed by atoms with E-state index < -0.39 is 19.0 Å². The van der Waals surface area contributed by atoms with Gasteiger partial charge in [-0.15, -0.1) is 0 Å². The number of alkyl halides is 4. The molecule has 1 heterocycles. The molecule has 4 rings (SSSR count). The molecule has 1 aromatic rings. The van der Waals surface area contributed by atoms with Gasteiger partial charge in [0.25, 0.3) is 0 Å². The van der Waals surface area contributed by atoms with E-state index in [0.29, 0.717) is 43.5 Å². The molecule has 3 fully saturated rings. The van der Waals surface area contributed by atoms with Gasteiger partial charge in [-0.25, -0.2) is 4.39 Å². The first-order chi connectivity index (χ1) is 14.8. The highest BCUT2D eigenvalue weighted by Gasteiger charge is 2.34. The zero-order valence-electron chi connectivity index (χ0n) is 17.8. The highest BCUT2D eigenvalue weighted by atomic mass is 19.4. The molecule has 174 valence electrons. The molecule has 31 heavy (non-hydrogen) atoms. The molecule has 0 bridgehead atoms. The van der Waals surface area contributed by atoms with Crippen LogP contribution in [0.1, 0.15) is 70.0 Å². The van der Waals surface area contributed by atoms with E-state index in [1.54, 1.807) is 0 Å². The van der Waals surface area contributed by atoms with Gasteiger partial charge in [0.2, 0.25) is 5.95 Å². The normalized spacial score (nSPS) is 31.3. The Kier molecular flexibility index (Phi) is 7.16. The highest BCUT2D eigenvalue weighted by Crippen LogP contribution is 2.44. The van der Waals surface area contributed by atoms with Crippen LogP contribution in [0.15, 0.2) is 0 Å². The predicted octanol–water partition coefficient (Wildman–Crippen LogP) is 5.51. The van der Waals surface area contributed by atoms with Crippen LogP contribution in [0.25, 0.3) is 0 Å². The van der Waals surface area contributed by atoms with Crippen molar-refractivity contribution < 1.29 is 22.3 Å². The van der Waals surface area contributed by atoms with E-state index in [1.807, 2.05) is 0 Å². The Morgan fingerprint density at radius 3 is 2.39 bits per heavy atom. The standard InChI is InChI=1S/C22H32F4N4O/c23-18-8-5-14(6-9-18)12-27-20-28-19(29-21(30-20)31-13-22(24,25)26)11-15-4-7-16-2-1-3-17(16)10-15/h14-18H,1-13H2,(H,27,28,29,30). The summed E-state index contributed by atoms with van der Waals surface area (Å²) >= 11 is 0. The second-order valence-corrected chi connectivity index (χ2v) is 9.59. The van der Waals surface area contributed by atoms with Crippen molar-refractivity contribution in [3.63, 3.8) is 0 Å². The number of anilines is 1. The molecule has 0 saturated heterocycles. The Bertz CT molecular complexity index is 724. The molecule has 3 unspecified atom stereocenters. The Labute approximate surface area is 180 Å². The lowest BCUT2D eigenvalue weighted by molar-refractivity contribution is -0.154. The van der Waals surface area contributed by atoms with Crippen LogP contribution in [0, 0.1) is 23.7 Å². The van der Waals surface area contributed by atoms with Crippen molar-refractivity contribution in [2.75, 3.05) is 18.5 Å². The van der Waals surface area contributed by atoms with Crippen molar-refractivity contribution in [2.45, 2.75) is 83.0 Å². The van der Waals surface area contributed by atoms with Crippen molar-refractivity contribution in [2.24, 2.45) is 23.7 Å². The van der Waals surface area contributed by atoms with Crippen LogP contribution in [0.2, 0.25) is 0 Å². The van der Waals surface area contributed by atoms with Gasteiger partial charge in [0.15, 0.2) is 6.61 Å². The Morgan fingerprint density at radius 2 is 1.61 bits per heavy atom. The molecule has 3 atom stereocenters. The third-order valence-corrected chi connectivity index (χ3v) is 7.22. The average molecular weight is 445 g/mol. The van der Waals surface area contributed by atoms with Gasteiger partial charge >= 0.3 is 12.2 Å². The van der Waals surface area contributed by atoms with Gasteiger partial charge in [-0.1, -0.05) is 19.3 Å². The van der Waals surface area contributed by atoms with E-state index in [2.05, 4.69) is 20.3 Å². The molecule has 0 aromatic carbocycles. The maximum absolute atomic E-state index is 13.3. The Balaban J connectivity index is 1.40. The fourth-order valence-electron chi connectivity index (χ4n) is 5.58. The van der Waals surface area contributed by atoms with Gasteiger partial charge in [-0.05, 0) is 68.6 Å². The van der Waals surface area contributed by atoms with Crippen molar-refractivity contribution in [3.05, 3.63) is 5.82 Å². The molecule has 1 N–H and O–H groups in total. The lowest BCUT2D eigenvalue weighted by Gasteiger charge is -2.31. The number of fused-ring (bicyclic) bond motifs is 1. The number of ether oxygens (including phenoxy) is 1. The summed E-state index contributed by atoms with van der Waals surface area (Å²) in [5.41, 5.74) is 0. The van der Waals surface area contributed by atoms with Crippen molar-refractivity contribution in [1.29, 1.82) is 0 Å². The van der Waals surface area contributed by atoms with Gasteiger partial charge in [0.1, 0.15) is 12.0 Å².